The number of rotatable bonds is 3. The van der Waals surface area contributed by atoms with Gasteiger partial charge in [0, 0.05) is 0 Å². The Hall–Kier alpha value is -1.79. The Labute approximate surface area is 96.1 Å². The van der Waals surface area contributed by atoms with Gasteiger partial charge in [-0.2, -0.15) is 0 Å². The second-order valence-electron chi connectivity index (χ2n) is 3.74. The van der Waals surface area contributed by atoms with Crippen molar-refractivity contribution in [2.75, 3.05) is 18.1 Å². The number of ketones is 1. The van der Waals surface area contributed by atoms with E-state index >= 15 is 0 Å². The van der Waals surface area contributed by atoms with Crippen LogP contribution in [0.25, 0.3) is 0 Å². The lowest BCUT2D eigenvalue weighted by Gasteiger charge is -2.19. The summed E-state index contributed by atoms with van der Waals surface area (Å²) in [5.74, 6) is -2.13. The van der Waals surface area contributed by atoms with Gasteiger partial charge in [-0.1, -0.05) is 0 Å². The number of nitrogens with zero attached hydrogens (tertiary/aromatic N) is 1. The monoisotopic (exact) mass is 239 g/mol. The number of β-amino-alcohol motifs (C(OH)–C–C–N with tert-alkyl or cyclic N) is 1. The minimum absolute atomic E-state index is 0.113. The summed E-state index contributed by atoms with van der Waals surface area (Å²) in [5.41, 5.74) is 0.244. The summed E-state index contributed by atoms with van der Waals surface area (Å²) in [6, 6.07) is 3.38. The molecular formula is C11H10FNO4. The highest BCUT2D eigenvalue weighted by molar-refractivity contribution is 6.52. The average Bonchev–Trinajstić information content (AvgIpc) is 2.54. The van der Waals surface area contributed by atoms with Crippen LogP contribution in [-0.2, 0) is 4.79 Å². The third-order valence-corrected chi connectivity index (χ3v) is 2.54. The quantitative estimate of drug-likeness (QED) is 0.710. The van der Waals surface area contributed by atoms with Crippen LogP contribution in [0.15, 0.2) is 18.2 Å². The van der Waals surface area contributed by atoms with Crippen LogP contribution in [0.1, 0.15) is 10.4 Å². The van der Waals surface area contributed by atoms with Crippen LogP contribution in [0.3, 0.4) is 0 Å². The number of amides is 1. The molecule has 1 aliphatic heterocycles. The molecule has 1 unspecified atom stereocenters. The average molecular weight is 239 g/mol. The van der Waals surface area contributed by atoms with E-state index in [4.69, 9.17) is 5.11 Å². The zero-order valence-electron chi connectivity index (χ0n) is 8.76. The summed E-state index contributed by atoms with van der Waals surface area (Å²) < 4.78 is 13.0. The molecule has 2 rings (SSSR count). The summed E-state index contributed by atoms with van der Waals surface area (Å²) in [6.45, 7) is -0.778. The molecule has 0 aliphatic carbocycles. The second kappa shape index (κ2) is 4.23. The lowest BCUT2D eigenvalue weighted by molar-refractivity contribution is -0.114. The molecule has 1 amide bonds. The van der Waals surface area contributed by atoms with E-state index in [9.17, 15) is 19.1 Å². The maximum Gasteiger partial charge on any atom is 0.299 e. The summed E-state index contributed by atoms with van der Waals surface area (Å²) in [6.07, 6.45) is -1.17. The number of hydrogen-bond acceptors (Lipinski definition) is 4. The Morgan fingerprint density at radius 2 is 2.06 bits per heavy atom. The summed E-state index contributed by atoms with van der Waals surface area (Å²) in [5, 5.41) is 18.0. The molecule has 6 heteroatoms. The van der Waals surface area contributed by atoms with Crippen molar-refractivity contribution in [3.05, 3.63) is 29.6 Å². The molecule has 0 radical (unpaired) electrons. The smallest absolute Gasteiger partial charge is 0.299 e. The van der Waals surface area contributed by atoms with Gasteiger partial charge >= 0.3 is 0 Å². The number of hydrogen-bond donors (Lipinski definition) is 2. The predicted octanol–water partition coefficient (Wildman–Crippen LogP) is -0.292. The Bertz CT molecular complexity index is 488. The van der Waals surface area contributed by atoms with E-state index < -0.39 is 30.2 Å². The fourth-order valence-corrected chi connectivity index (χ4v) is 1.72. The molecule has 2 N–H and O–H groups in total. The normalized spacial score (nSPS) is 16.3. The summed E-state index contributed by atoms with van der Waals surface area (Å²) in [7, 11) is 0. The Kier molecular flexibility index (Phi) is 2.91. The molecule has 1 heterocycles. The van der Waals surface area contributed by atoms with Crippen molar-refractivity contribution in [3.8, 4) is 0 Å². The van der Waals surface area contributed by atoms with Gasteiger partial charge < -0.3 is 15.1 Å². The fraction of sp³-hybridized carbons (Fsp3) is 0.273. The first-order valence-corrected chi connectivity index (χ1v) is 4.99. The highest BCUT2D eigenvalue weighted by Gasteiger charge is 2.36. The molecule has 1 atom stereocenters. The van der Waals surface area contributed by atoms with Gasteiger partial charge in [0.1, 0.15) is 5.82 Å². The zero-order valence-corrected chi connectivity index (χ0v) is 8.76. The van der Waals surface area contributed by atoms with E-state index in [1.54, 1.807) is 0 Å². The van der Waals surface area contributed by atoms with E-state index in [1.165, 1.54) is 6.07 Å². The van der Waals surface area contributed by atoms with Crippen LogP contribution >= 0.6 is 0 Å². The van der Waals surface area contributed by atoms with E-state index in [0.717, 1.165) is 17.0 Å². The highest BCUT2D eigenvalue weighted by Crippen LogP contribution is 2.29. The minimum atomic E-state index is -1.17. The number of benzene rings is 1. The third-order valence-electron chi connectivity index (χ3n) is 2.54. The van der Waals surface area contributed by atoms with Crippen molar-refractivity contribution >= 4 is 17.4 Å². The van der Waals surface area contributed by atoms with Gasteiger partial charge in [0.15, 0.2) is 0 Å². The fourth-order valence-electron chi connectivity index (χ4n) is 1.72. The summed E-state index contributed by atoms with van der Waals surface area (Å²) >= 11 is 0. The molecule has 0 bridgehead atoms. The van der Waals surface area contributed by atoms with Crippen LogP contribution < -0.4 is 4.90 Å². The molecule has 0 aromatic heterocycles. The molecule has 1 aliphatic rings. The number of aliphatic hydroxyl groups is 2. The lowest BCUT2D eigenvalue weighted by atomic mass is 10.1. The molecule has 0 saturated carbocycles. The minimum Gasteiger partial charge on any atom is -0.394 e. The van der Waals surface area contributed by atoms with Gasteiger partial charge in [0.05, 0.1) is 30.5 Å². The van der Waals surface area contributed by atoms with Crippen molar-refractivity contribution < 1.29 is 24.2 Å². The first-order valence-electron chi connectivity index (χ1n) is 4.99. The summed E-state index contributed by atoms with van der Waals surface area (Å²) in [4.78, 5) is 24.1. The molecule has 5 nitrogen and oxygen atoms in total. The van der Waals surface area contributed by atoms with E-state index in [0.29, 0.717) is 0 Å². The third kappa shape index (κ3) is 1.92. The van der Waals surface area contributed by atoms with Crippen LogP contribution in [0.5, 0.6) is 0 Å². The van der Waals surface area contributed by atoms with Gasteiger partial charge in [-0.3, -0.25) is 9.59 Å². The molecule has 90 valence electrons. The van der Waals surface area contributed by atoms with Crippen LogP contribution in [0, 0.1) is 5.82 Å². The van der Waals surface area contributed by atoms with Gasteiger partial charge in [-0.05, 0) is 18.2 Å². The van der Waals surface area contributed by atoms with Gasteiger partial charge in [0.25, 0.3) is 11.7 Å². The molecule has 0 fully saturated rings. The van der Waals surface area contributed by atoms with Gasteiger partial charge in [0.2, 0.25) is 0 Å². The topological polar surface area (TPSA) is 77.8 Å². The van der Waals surface area contributed by atoms with Crippen molar-refractivity contribution in [2.45, 2.75) is 6.10 Å². The number of Topliss-reactive ketones (excluding diaryl/α,β-unsaturated/α-hetero) is 1. The molecule has 1 aromatic carbocycles. The van der Waals surface area contributed by atoms with E-state index in [-0.39, 0.29) is 17.8 Å². The molecule has 17 heavy (non-hydrogen) atoms. The van der Waals surface area contributed by atoms with Crippen LogP contribution in [0.2, 0.25) is 0 Å². The zero-order chi connectivity index (χ0) is 12.6. The van der Waals surface area contributed by atoms with Crippen LogP contribution in [0.4, 0.5) is 10.1 Å². The standard InChI is InChI=1S/C11H10FNO4/c12-6-1-2-8-9(3-6)13(4-7(15)5-14)11(17)10(8)16/h1-3,7,14-15H,4-5H2. The Morgan fingerprint density at radius 1 is 1.35 bits per heavy atom. The largest absolute Gasteiger partial charge is 0.394 e. The molecule has 0 spiro atoms. The highest BCUT2D eigenvalue weighted by atomic mass is 19.1. The first-order chi connectivity index (χ1) is 8.04. The van der Waals surface area contributed by atoms with Crippen molar-refractivity contribution in [1.82, 2.24) is 0 Å². The predicted molar refractivity (Wildman–Crippen MR) is 56.2 cm³/mol. The maximum atomic E-state index is 13.0. The maximum absolute atomic E-state index is 13.0. The van der Waals surface area contributed by atoms with Crippen molar-refractivity contribution in [2.24, 2.45) is 0 Å². The Balaban J connectivity index is 2.39. The SMILES string of the molecule is O=C1C(=O)N(CC(O)CO)c2cc(F)ccc21. The van der Waals surface area contributed by atoms with Gasteiger partial charge in [-0.15, -0.1) is 0 Å². The van der Waals surface area contributed by atoms with Crippen molar-refractivity contribution in [1.29, 1.82) is 0 Å². The number of anilines is 1. The number of halogens is 1. The molecule has 1 aromatic rings. The van der Waals surface area contributed by atoms with E-state index in [1.807, 2.05) is 0 Å². The lowest BCUT2D eigenvalue weighted by Crippen LogP contribution is -2.38. The number of aliphatic hydroxyl groups excluding tert-OH is 2. The van der Waals surface area contributed by atoms with Crippen molar-refractivity contribution in [3.63, 3.8) is 0 Å². The first kappa shape index (κ1) is 11.7. The van der Waals surface area contributed by atoms with Crippen LogP contribution in [-0.4, -0.2) is 41.2 Å². The Morgan fingerprint density at radius 3 is 2.71 bits per heavy atom. The number of carbonyl (C=O) groups is 2. The van der Waals surface area contributed by atoms with E-state index in [2.05, 4.69) is 0 Å². The molecular weight excluding hydrogens is 229 g/mol. The second-order valence-corrected chi connectivity index (χ2v) is 3.74. The van der Waals surface area contributed by atoms with Gasteiger partial charge in [-0.25, -0.2) is 4.39 Å². The number of carbonyl (C=O) groups excluding carboxylic acids is 2. The number of fused-ring (bicyclic) bond motifs is 1. The molecule has 0 saturated heterocycles.